The van der Waals surface area contributed by atoms with Crippen molar-refractivity contribution in [2.75, 3.05) is 17.2 Å². The van der Waals surface area contributed by atoms with Crippen molar-refractivity contribution in [2.45, 2.75) is 0 Å². The zero-order valence-electron chi connectivity index (χ0n) is 10.6. The summed E-state index contributed by atoms with van der Waals surface area (Å²) in [6.45, 7) is -0.434. The number of rotatable bonds is 4. The maximum absolute atomic E-state index is 13.3. The third-order valence-electron chi connectivity index (χ3n) is 2.57. The Morgan fingerprint density at radius 2 is 1.38 bits per heavy atom. The third-order valence-corrected chi connectivity index (χ3v) is 2.57. The van der Waals surface area contributed by atoms with Gasteiger partial charge in [0.15, 0.2) is 0 Å². The molecule has 7 heteroatoms. The van der Waals surface area contributed by atoms with Crippen molar-refractivity contribution in [3.63, 3.8) is 0 Å². The standard InChI is InChI=1S/C14H10F4N2O/c15-8-1-3-10(17)12(5-8)19-7-14(21)20-13-6-9(16)2-4-11(13)18/h1-6,19H,7H2,(H,20,21). The Labute approximate surface area is 117 Å². The largest absolute Gasteiger partial charge is 0.374 e. The molecule has 0 aromatic heterocycles. The summed E-state index contributed by atoms with van der Waals surface area (Å²) in [4.78, 5) is 11.6. The van der Waals surface area contributed by atoms with E-state index in [0.717, 1.165) is 36.4 Å². The third kappa shape index (κ3) is 3.95. The van der Waals surface area contributed by atoms with E-state index in [1.54, 1.807) is 0 Å². The predicted octanol–water partition coefficient (Wildman–Crippen LogP) is 3.29. The van der Waals surface area contributed by atoms with Crippen LogP contribution in [0.3, 0.4) is 0 Å². The topological polar surface area (TPSA) is 41.1 Å². The van der Waals surface area contributed by atoms with Crippen LogP contribution in [0, 0.1) is 23.3 Å². The van der Waals surface area contributed by atoms with E-state index in [2.05, 4.69) is 10.6 Å². The highest BCUT2D eigenvalue weighted by molar-refractivity contribution is 5.93. The van der Waals surface area contributed by atoms with Crippen LogP contribution in [0.25, 0.3) is 0 Å². The van der Waals surface area contributed by atoms with Crippen molar-refractivity contribution in [1.29, 1.82) is 0 Å². The number of anilines is 2. The molecule has 2 rings (SSSR count). The van der Waals surface area contributed by atoms with Gasteiger partial charge in [0.2, 0.25) is 5.91 Å². The van der Waals surface area contributed by atoms with Gasteiger partial charge in [0, 0.05) is 6.07 Å². The molecular weight excluding hydrogens is 288 g/mol. The molecule has 0 fully saturated rings. The Hall–Kier alpha value is -2.57. The van der Waals surface area contributed by atoms with E-state index in [1.807, 2.05) is 0 Å². The number of halogens is 4. The van der Waals surface area contributed by atoms with Crippen molar-refractivity contribution in [2.24, 2.45) is 0 Å². The summed E-state index contributed by atoms with van der Waals surface area (Å²) >= 11 is 0. The molecule has 0 unspecified atom stereocenters. The lowest BCUT2D eigenvalue weighted by Gasteiger charge is -2.09. The number of benzene rings is 2. The van der Waals surface area contributed by atoms with Gasteiger partial charge in [-0.15, -0.1) is 0 Å². The molecule has 0 bridgehead atoms. The molecule has 0 saturated heterocycles. The average Bonchev–Trinajstić information content (AvgIpc) is 2.44. The first-order chi connectivity index (χ1) is 9.95. The normalized spacial score (nSPS) is 10.3. The molecule has 21 heavy (non-hydrogen) atoms. The molecule has 0 atom stereocenters. The van der Waals surface area contributed by atoms with Crippen LogP contribution in [0.15, 0.2) is 36.4 Å². The molecular formula is C14H10F4N2O. The van der Waals surface area contributed by atoms with E-state index >= 15 is 0 Å². The van der Waals surface area contributed by atoms with Crippen molar-refractivity contribution in [1.82, 2.24) is 0 Å². The van der Waals surface area contributed by atoms with Crippen molar-refractivity contribution in [3.8, 4) is 0 Å². The van der Waals surface area contributed by atoms with Crippen LogP contribution in [0.2, 0.25) is 0 Å². The Balaban J connectivity index is 1.99. The molecule has 0 aliphatic carbocycles. The highest BCUT2D eigenvalue weighted by atomic mass is 19.1. The van der Waals surface area contributed by atoms with E-state index in [9.17, 15) is 22.4 Å². The number of hydrogen-bond acceptors (Lipinski definition) is 2. The van der Waals surface area contributed by atoms with Crippen molar-refractivity contribution in [3.05, 3.63) is 59.7 Å². The van der Waals surface area contributed by atoms with Gasteiger partial charge in [0.05, 0.1) is 17.9 Å². The predicted molar refractivity (Wildman–Crippen MR) is 69.8 cm³/mol. The summed E-state index contributed by atoms with van der Waals surface area (Å²) in [7, 11) is 0. The number of carbonyl (C=O) groups is 1. The van der Waals surface area contributed by atoms with E-state index in [4.69, 9.17) is 0 Å². The van der Waals surface area contributed by atoms with Crippen molar-refractivity contribution < 1.29 is 22.4 Å². The first kappa shape index (κ1) is 14.8. The highest BCUT2D eigenvalue weighted by Gasteiger charge is 2.09. The molecule has 1 amide bonds. The molecule has 0 saturated carbocycles. The summed E-state index contributed by atoms with van der Waals surface area (Å²) in [5, 5.41) is 4.49. The number of hydrogen-bond donors (Lipinski definition) is 2. The molecule has 3 nitrogen and oxygen atoms in total. The Morgan fingerprint density at radius 1 is 0.857 bits per heavy atom. The minimum Gasteiger partial charge on any atom is -0.374 e. The lowest BCUT2D eigenvalue weighted by Crippen LogP contribution is -2.22. The lowest BCUT2D eigenvalue weighted by atomic mass is 10.3. The summed E-state index contributed by atoms with van der Waals surface area (Å²) in [6, 6.07) is 5.31. The second-order valence-electron chi connectivity index (χ2n) is 4.15. The van der Waals surface area contributed by atoms with E-state index in [0.29, 0.717) is 0 Å². The van der Waals surface area contributed by atoms with Gasteiger partial charge in [0.25, 0.3) is 0 Å². The van der Waals surface area contributed by atoms with Crippen LogP contribution in [-0.2, 0) is 4.79 Å². The van der Waals surface area contributed by atoms with Crippen LogP contribution >= 0.6 is 0 Å². The zero-order chi connectivity index (χ0) is 15.4. The Kier molecular flexibility index (Phi) is 4.42. The van der Waals surface area contributed by atoms with Gasteiger partial charge < -0.3 is 10.6 Å². The number of carbonyl (C=O) groups excluding carboxylic acids is 1. The molecule has 2 aromatic rings. The lowest BCUT2D eigenvalue weighted by molar-refractivity contribution is -0.114. The summed E-state index contributed by atoms with van der Waals surface area (Å²) in [5.41, 5.74) is -0.536. The van der Waals surface area contributed by atoms with Crippen LogP contribution in [0.5, 0.6) is 0 Å². The first-order valence-corrected chi connectivity index (χ1v) is 5.89. The fourth-order valence-electron chi connectivity index (χ4n) is 1.60. The highest BCUT2D eigenvalue weighted by Crippen LogP contribution is 2.16. The van der Waals surface area contributed by atoms with E-state index in [1.165, 1.54) is 0 Å². The van der Waals surface area contributed by atoms with Crippen LogP contribution in [-0.4, -0.2) is 12.5 Å². The first-order valence-electron chi connectivity index (χ1n) is 5.89. The van der Waals surface area contributed by atoms with Crippen LogP contribution in [0.1, 0.15) is 0 Å². The van der Waals surface area contributed by atoms with Gasteiger partial charge in [-0.3, -0.25) is 4.79 Å². The monoisotopic (exact) mass is 298 g/mol. The second-order valence-corrected chi connectivity index (χ2v) is 4.15. The second kappa shape index (κ2) is 6.25. The minimum absolute atomic E-state index is 0.204. The average molecular weight is 298 g/mol. The fraction of sp³-hybridized carbons (Fsp3) is 0.0714. The summed E-state index contributed by atoms with van der Waals surface area (Å²) in [6.07, 6.45) is 0. The van der Waals surface area contributed by atoms with Crippen molar-refractivity contribution >= 4 is 17.3 Å². The molecule has 0 spiro atoms. The van der Waals surface area contributed by atoms with Gasteiger partial charge in [-0.25, -0.2) is 17.6 Å². The SMILES string of the molecule is O=C(CNc1cc(F)ccc1F)Nc1cc(F)ccc1F. The van der Waals surface area contributed by atoms with Gasteiger partial charge in [-0.05, 0) is 30.3 Å². The Bertz CT molecular complexity index is 676. The van der Waals surface area contributed by atoms with E-state index < -0.39 is 35.7 Å². The summed E-state index contributed by atoms with van der Waals surface area (Å²) in [5.74, 6) is -3.66. The van der Waals surface area contributed by atoms with Gasteiger partial charge in [-0.1, -0.05) is 0 Å². The molecule has 2 N–H and O–H groups in total. The Morgan fingerprint density at radius 3 is 2.00 bits per heavy atom. The molecule has 0 aliphatic heterocycles. The summed E-state index contributed by atoms with van der Waals surface area (Å²) < 4.78 is 52.4. The molecule has 0 heterocycles. The van der Waals surface area contributed by atoms with Gasteiger partial charge in [-0.2, -0.15) is 0 Å². The van der Waals surface area contributed by atoms with Gasteiger partial charge >= 0.3 is 0 Å². The molecule has 2 aromatic carbocycles. The number of amides is 1. The zero-order valence-corrected chi connectivity index (χ0v) is 10.6. The maximum atomic E-state index is 13.3. The molecule has 0 aliphatic rings. The minimum atomic E-state index is -0.804. The van der Waals surface area contributed by atoms with Crippen LogP contribution < -0.4 is 10.6 Å². The quantitative estimate of drug-likeness (QED) is 0.850. The van der Waals surface area contributed by atoms with Crippen LogP contribution in [0.4, 0.5) is 28.9 Å². The molecule has 0 radical (unpaired) electrons. The smallest absolute Gasteiger partial charge is 0.243 e. The number of nitrogens with one attached hydrogen (secondary N) is 2. The van der Waals surface area contributed by atoms with E-state index in [-0.39, 0.29) is 11.4 Å². The molecule has 110 valence electrons. The maximum Gasteiger partial charge on any atom is 0.243 e. The fourth-order valence-corrected chi connectivity index (χ4v) is 1.60. The van der Waals surface area contributed by atoms with Gasteiger partial charge in [0.1, 0.15) is 23.3 Å².